The molecule has 1 aliphatic heterocycles. The second kappa shape index (κ2) is 7.36. The molecule has 1 aliphatic rings. The van der Waals surface area contributed by atoms with Crippen LogP contribution in [0.15, 0.2) is 4.99 Å². The van der Waals surface area contributed by atoms with Crippen molar-refractivity contribution in [2.75, 3.05) is 33.8 Å². The fourth-order valence-electron chi connectivity index (χ4n) is 2.70. The second-order valence-corrected chi connectivity index (χ2v) is 5.70. The number of esters is 1. The molecule has 3 unspecified atom stereocenters. The molecule has 0 amide bonds. The number of nitrogens with one attached hydrogen (secondary N) is 1. The Labute approximate surface area is 116 Å². The topological polar surface area (TPSA) is 53.9 Å². The normalized spacial score (nSPS) is 25.9. The summed E-state index contributed by atoms with van der Waals surface area (Å²) in [5, 5.41) is 3.27. The maximum absolute atomic E-state index is 11.4. The standard InChI is InChI=1S/C14H27N3O2/c1-10-6-11(2)9-17(8-10)14(15-4)16-7-12(3)13(18)19-5/h10-12H,6-9H2,1-5H3,(H,15,16). The van der Waals surface area contributed by atoms with Gasteiger partial charge in [-0.25, -0.2) is 0 Å². The number of nitrogens with zero attached hydrogens (tertiary/aromatic N) is 2. The number of carbonyl (C=O) groups excluding carboxylic acids is 1. The summed E-state index contributed by atoms with van der Waals surface area (Å²) in [5.74, 6) is 1.89. The minimum absolute atomic E-state index is 0.165. The van der Waals surface area contributed by atoms with Crippen molar-refractivity contribution < 1.29 is 9.53 Å². The van der Waals surface area contributed by atoms with Crippen LogP contribution in [0.5, 0.6) is 0 Å². The number of guanidine groups is 1. The van der Waals surface area contributed by atoms with Gasteiger partial charge in [0.05, 0.1) is 13.0 Å². The Morgan fingerprint density at radius 1 is 1.42 bits per heavy atom. The molecule has 0 spiro atoms. The quantitative estimate of drug-likeness (QED) is 0.477. The van der Waals surface area contributed by atoms with Crippen LogP contribution in [0.1, 0.15) is 27.2 Å². The van der Waals surface area contributed by atoms with Gasteiger partial charge in [0.1, 0.15) is 0 Å². The Kier molecular flexibility index (Phi) is 6.12. The Hall–Kier alpha value is -1.26. The fourth-order valence-corrected chi connectivity index (χ4v) is 2.70. The smallest absolute Gasteiger partial charge is 0.310 e. The molecule has 5 heteroatoms. The third-order valence-electron chi connectivity index (χ3n) is 3.55. The van der Waals surface area contributed by atoms with Crippen molar-refractivity contribution in [3.63, 3.8) is 0 Å². The van der Waals surface area contributed by atoms with Crippen LogP contribution in [0.2, 0.25) is 0 Å². The molecule has 1 fully saturated rings. The number of methoxy groups -OCH3 is 1. The van der Waals surface area contributed by atoms with Gasteiger partial charge in [0, 0.05) is 26.7 Å². The van der Waals surface area contributed by atoms with E-state index in [1.54, 1.807) is 7.05 Å². The number of aliphatic imine (C=N–C) groups is 1. The second-order valence-electron chi connectivity index (χ2n) is 5.70. The third kappa shape index (κ3) is 4.73. The average molecular weight is 269 g/mol. The third-order valence-corrected chi connectivity index (χ3v) is 3.55. The first-order chi connectivity index (χ1) is 8.97. The summed E-state index contributed by atoms with van der Waals surface area (Å²) >= 11 is 0. The summed E-state index contributed by atoms with van der Waals surface area (Å²) in [6, 6.07) is 0. The lowest BCUT2D eigenvalue weighted by molar-refractivity contribution is -0.144. The SMILES string of the molecule is CN=C(NCC(C)C(=O)OC)N1CC(C)CC(C)C1. The van der Waals surface area contributed by atoms with Gasteiger partial charge in [-0.2, -0.15) is 0 Å². The highest BCUT2D eigenvalue weighted by Crippen LogP contribution is 2.20. The van der Waals surface area contributed by atoms with Crippen molar-refractivity contribution in [3.05, 3.63) is 0 Å². The Balaban J connectivity index is 2.52. The monoisotopic (exact) mass is 269 g/mol. The molecule has 1 N–H and O–H groups in total. The van der Waals surface area contributed by atoms with Crippen molar-refractivity contribution in [3.8, 4) is 0 Å². The maximum Gasteiger partial charge on any atom is 0.310 e. The molecule has 110 valence electrons. The summed E-state index contributed by atoms with van der Waals surface area (Å²) in [4.78, 5) is 18.0. The van der Waals surface area contributed by atoms with Gasteiger partial charge in [-0.05, 0) is 18.3 Å². The molecule has 0 aromatic rings. The van der Waals surface area contributed by atoms with Crippen LogP contribution in [0.25, 0.3) is 0 Å². The molecule has 0 radical (unpaired) electrons. The van der Waals surface area contributed by atoms with Crippen molar-refractivity contribution in [2.24, 2.45) is 22.7 Å². The van der Waals surface area contributed by atoms with Crippen LogP contribution >= 0.6 is 0 Å². The van der Waals surface area contributed by atoms with E-state index in [4.69, 9.17) is 4.74 Å². The Bertz CT molecular complexity index is 321. The molecule has 3 atom stereocenters. The number of hydrogen-bond acceptors (Lipinski definition) is 3. The van der Waals surface area contributed by atoms with Gasteiger partial charge in [-0.15, -0.1) is 0 Å². The predicted molar refractivity (Wildman–Crippen MR) is 77.1 cm³/mol. The van der Waals surface area contributed by atoms with E-state index < -0.39 is 0 Å². The molecule has 0 aromatic heterocycles. The highest BCUT2D eigenvalue weighted by atomic mass is 16.5. The summed E-state index contributed by atoms with van der Waals surface area (Å²) in [5.41, 5.74) is 0. The van der Waals surface area contributed by atoms with Crippen molar-refractivity contribution >= 4 is 11.9 Å². The van der Waals surface area contributed by atoms with E-state index >= 15 is 0 Å². The lowest BCUT2D eigenvalue weighted by atomic mass is 9.92. The number of ether oxygens (including phenoxy) is 1. The molecular formula is C14H27N3O2. The van der Waals surface area contributed by atoms with Gasteiger partial charge < -0.3 is 15.0 Å². The van der Waals surface area contributed by atoms with Crippen LogP contribution in [-0.4, -0.2) is 50.6 Å². The minimum atomic E-state index is -0.191. The van der Waals surface area contributed by atoms with E-state index in [0.717, 1.165) is 19.0 Å². The first-order valence-corrected chi connectivity index (χ1v) is 7.01. The van der Waals surface area contributed by atoms with Crippen LogP contribution in [0, 0.1) is 17.8 Å². The van der Waals surface area contributed by atoms with E-state index in [-0.39, 0.29) is 11.9 Å². The Morgan fingerprint density at radius 3 is 2.47 bits per heavy atom. The number of carbonyl (C=O) groups is 1. The van der Waals surface area contributed by atoms with Crippen LogP contribution in [0.3, 0.4) is 0 Å². The van der Waals surface area contributed by atoms with E-state index in [1.807, 2.05) is 6.92 Å². The molecule has 0 saturated carbocycles. The zero-order chi connectivity index (χ0) is 14.4. The first-order valence-electron chi connectivity index (χ1n) is 7.01. The molecule has 0 aliphatic carbocycles. The first kappa shape index (κ1) is 15.8. The average Bonchev–Trinajstić information content (AvgIpc) is 2.37. The van der Waals surface area contributed by atoms with Gasteiger partial charge in [-0.3, -0.25) is 9.79 Å². The number of piperidine rings is 1. The summed E-state index contributed by atoms with van der Waals surface area (Å²) in [6.45, 7) is 9.00. The summed E-state index contributed by atoms with van der Waals surface area (Å²) < 4.78 is 4.73. The van der Waals surface area contributed by atoms with Crippen molar-refractivity contribution in [1.29, 1.82) is 0 Å². The summed E-state index contributed by atoms with van der Waals surface area (Å²) in [6.07, 6.45) is 1.27. The largest absolute Gasteiger partial charge is 0.469 e. The molecule has 1 rings (SSSR count). The molecule has 19 heavy (non-hydrogen) atoms. The highest BCUT2D eigenvalue weighted by Gasteiger charge is 2.24. The number of hydrogen-bond donors (Lipinski definition) is 1. The van der Waals surface area contributed by atoms with E-state index in [1.165, 1.54) is 13.5 Å². The minimum Gasteiger partial charge on any atom is -0.469 e. The van der Waals surface area contributed by atoms with Gasteiger partial charge in [0.2, 0.25) is 0 Å². The molecular weight excluding hydrogens is 242 g/mol. The lowest BCUT2D eigenvalue weighted by Crippen LogP contribution is -2.49. The van der Waals surface area contributed by atoms with Gasteiger partial charge >= 0.3 is 5.97 Å². The van der Waals surface area contributed by atoms with Crippen LogP contribution < -0.4 is 5.32 Å². The highest BCUT2D eigenvalue weighted by molar-refractivity contribution is 5.81. The van der Waals surface area contributed by atoms with Gasteiger partial charge in [-0.1, -0.05) is 20.8 Å². The number of likely N-dealkylation sites (tertiary alicyclic amines) is 1. The van der Waals surface area contributed by atoms with E-state index in [0.29, 0.717) is 18.4 Å². The van der Waals surface area contributed by atoms with Crippen molar-refractivity contribution in [1.82, 2.24) is 10.2 Å². The number of rotatable bonds is 3. The predicted octanol–water partition coefficient (Wildman–Crippen LogP) is 1.35. The zero-order valence-electron chi connectivity index (χ0n) is 12.8. The van der Waals surface area contributed by atoms with Gasteiger partial charge in [0.25, 0.3) is 0 Å². The van der Waals surface area contributed by atoms with E-state index in [2.05, 4.69) is 29.1 Å². The van der Waals surface area contributed by atoms with Crippen LogP contribution in [0.4, 0.5) is 0 Å². The molecule has 1 heterocycles. The molecule has 0 bridgehead atoms. The van der Waals surface area contributed by atoms with Crippen LogP contribution in [-0.2, 0) is 9.53 Å². The zero-order valence-corrected chi connectivity index (χ0v) is 12.8. The molecule has 1 saturated heterocycles. The summed E-state index contributed by atoms with van der Waals surface area (Å²) in [7, 11) is 3.21. The van der Waals surface area contributed by atoms with Crippen molar-refractivity contribution in [2.45, 2.75) is 27.2 Å². The maximum atomic E-state index is 11.4. The van der Waals surface area contributed by atoms with E-state index in [9.17, 15) is 4.79 Å². The molecule has 5 nitrogen and oxygen atoms in total. The lowest BCUT2D eigenvalue weighted by Gasteiger charge is -2.37. The van der Waals surface area contributed by atoms with Gasteiger partial charge in [0.15, 0.2) is 5.96 Å². The molecule has 0 aromatic carbocycles. The fraction of sp³-hybridized carbons (Fsp3) is 0.857. The Morgan fingerprint density at radius 2 is 2.00 bits per heavy atom.